The predicted octanol–water partition coefficient (Wildman–Crippen LogP) is 0.730. The lowest BCUT2D eigenvalue weighted by molar-refractivity contribution is -0.138. The first-order chi connectivity index (χ1) is 6.61. The fourth-order valence-corrected chi connectivity index (χ4v) is 0.912. The molecule has 0 fully saturated rings. The van der Waals surface area contributed by atoms with Crippen molar-refractivity contribution in [3.63, 3.8) is 0 Å². The van der Waals surface area contributed by atoms with E-state index in [1.165, 1.54) is 0 Å². The minimum Gasteiger partial charge on any atom is -0.463 e. The summed E-state index contributed by atoms with van der Waals surface area (Å²) < 4.78 is 9.72. The highest BCUT2D eigenvalue weighted by molar-refractivity contribution is 5.88. The highest BCUT2D eigenvalue weighted by atomic mass is 16.5. The summed E-state index contributed by atoms with van der Waals surface area (Å²) in [4.78, 5) is 11.1. The van der Waals surface area contributed by atoms with E-state index >= 15 is 0 Å². The van der Waals surface area contributed by atoms with Crippen LogP contribution in [0.25, 0.3) is 0 Å². The third-order valence-corrected chi connectivity index (χ3v) is 1.64. The predicted molar refractivity (Wildman–Crippen MR) is 55.1 cm³/mol. The minimum atomic E-state index is -0.343. The van der Waals surface area contributed by atoms with Gasteiger partial charge >= 0.3 is 5.97 Å². The molecule has 0 saturated carbocycles. The molecule has 0 bridgehead atoms. The molecule has 0 aliphatic carbocycles. The minimum absolute atomic E-state index is 0.200. The third kappa shape index (κ3) is 5.72. The summed E-state index contributed by atoms with van der Waals surface area (Å²) in [5, 5.41) is 3.10. The van der Waals surface area contributed by atoms with Crippen molar-refractivity contribution in [1.82, 2.24) is 5.32 Å². The topological polar surface area (TPSA) is 47.6 Å². The average Bonchev–Trinajstić information content (AvgIpc) is 2.15. The van der Waals surface area contributed by atoms with Crippen LogP contribution in [0.5, 0.6) is 0 Å². The first kappa shape index (κ1) is 13.1. The summed E-state index contributed by atoms with van der Waals surface area (Å²) in [6, 6.07) is 0.200. The molecule has 0 radical (unpaired) electrons. The lowest BCUT2D eigenvalue weighted by Crippen LogP contribution is -2.33. The van der Waals surface area contributed by atoms with Crippen LogP contribution in [0.1, 0.15) is 13.8 Å². The third-order valence-electron chi connectivity index (χ3n) is 1.64. The number of rotatable bonds is 7. The van der Waals surface area contributed by atoms with E-state index in [9.17, 15) is 4.79 Å². The number of nitrogens with one attached hydrogen (secondary N) is 1. The molecule has 0 aromatic rings. The van der Waals surface area contributed by atoms with Crippen molar-refractivity contribution in [3.05, 3.63) is 12.2 Å². The first-order valence-electron chi connectivity index (χ1n) is 4.69. The molecular formula is C10H19NO3. The smallest absolute Gasteiger partial charge is 0.334 e. The fraction of sp³-hybridized carbons (Fsp3) is 0.700. The van der Waals surface area contributed by atoms with Gasteiger partial charge in [-0.05, 0) is 13.8 Å². The Labute approximate surface area is 85.3 Å². The number of hydrogen-bond donors (Lipinski definition) is 1. The summed E-state index contributed by atoms with van der Waals surface area (Å²) >= 11 is 0. The largest absolute Gasteiger partial charge is 0.463 e. The summed E-state index contributed by atoms with van der Waals surface area (Å²) in [6.07, 6.45) is 0. The van der Waals surface area contributed by atoms with Gasteiger partial charge in [-0.2, -0.15) is 0 Å². The average molecular weight is 201 g/mol. The number of carbonyl (C=O) groups excluding carboxylic acids is 1. The van der Waals surface area contributed by atoms with Crippen LogP contribution in [-0.2, 0) is 14.3 Å². The van der Waals surface area contributed by atoms with Gasteiger partial charge in [-0.25, -0.2) is 4.79 Å². The Hall–Kier alpha value is -0.870. The Bertz CT molecular complexity index is 192. The molecule has 0 saturated heterocycles. The van der Waals surface area contributed by atoms with Crippen LogP contribution in [0.2, 0.25) is 0 Å². The number of ether oxygens (including phenoxy) is 2. The lowest BCUT2D eigenvalue weighted by atomic mass is 10.3. The maximum atomic E-state index is 11.1. The lowest BCUT2D eigenvalue weighted by Gasteiger charge is -2.13. The zero-order valence-electron chi connectivity index (χ0n) is 9.13. The van der Waals surface area contributed by atoms with Gasteiger partial charge in [0.25, 0.3) is 0 Å². The molecule has 1 unspecified atom stereocenters. The summed E-state index contributed by atoms with van der Waals surface area (Å²) in [7, 11) is 1.64. The molecule has 0 spiro atoms. The van der Waals surface area contributed by atoms with Gasteiger partial charge in [0.05, 0.1) is 13.2 Å². The molecule has 0 amide bonds. The van der Waals surface area contributed by atoms with Gasteiger partial charge in [-0.1, -0.05) is 6.58 Å². The van der Waals surface area contributed by atoms with Crippen LogP contribution < -0.4 is 5.32 Å². The van der Waals surface area contributed by atoms with Crippen molar-refractivity contribution in [2.24, 2.45) is 0 Å². The molecule has 0 aliphatic rings. The SMILES string of the molecule is C=C(CNC(C)COC)C(=O)OCC. The summed E-state index contributed by atoms with van der Waals surface area (Å²) in [6.45, 7) is 8.79. The summed E-state index contributed by atoms with van der Waals surface area (Å²) in [5.41, 5.74) is 0.440. The quantitative estimate of drug-likeness (QED) is 0.487. The van der Waals surface area contributed by atoms with Gasteiger partial charge in [0, 0.05) is 25.3 Å². The van der Waals surface area contributed by atoms with E-state index in [4.69, 9.17) is 9.47 Å². The molecule has 0 heterocycles. The molecule has 0 rings (SSSR count). The summed E-state index contributed by atoms with van der Waals surface area (Å²) in [5.74, 6) is -0.343. The fourth-order valence-electron chi connectivity index (χ4n) is 0.912. The Morgan fingerprint density at radius 3 is 2.71 bits per heavy atom. The Kier molecular flexibility index (Phi) is 7.06. The molecule has 82 valence electrons. The number of methoxy groups -OCH3 is 1. The molecule has 0 aromatic heterocycles. The number of carbonyl (C=O) groups is 1. The van der Waals surface area contributed by atoms with Gasteiger partial charge in [-0.3, -0.25) is 0 Å². The van der Waals surface area contributed by atoms with E-state index in [2.05, 4.69) is 11.9 Å². The Morgan fingerprint density at radius 1 is 1.57 bits per heavy atom. The van der Waals surface area contributed by atoms with Crippen LogP contribution in [-0.4, -0.2) is 38.9 Å². The standard InChI is InChI=1S/C10H19NO3/c1-5-14-10(12)8(2)6-11-9(3)7-13-4/h9,11H,2,5-7H2,1,3-4H3. The molecule has 4 nitrogen and oxygen atoms in total. The van der Waals surface area contributed by atoms with E-state index < -0.39 is 0 Å². The second kappa shape index (κ2) is 7.53. The van der Waals surface area contributed by atoms with Crippen molar-refractivity contribution in [3.8, 4) is 0 Å². The van der Waals surface area contributed by atoms with Crippen molar-refractivity contribution in [1.29, 1.82) is 0 Å². The molecule has 1 atom stereocenters. The van der Waals surface area contributed by atoms with Gasteiger partial charge in [0.15, 0.2) is 0 Å². The first-order valence-corrected chi connectivity index (χ1v) is 4.69. The van der Waals surface area contributed by atoms with Gasteiger partial charge in [-0.15, -0.1) is 0 Å². The highest BCUT2D eigenvalue weighted by Crippen LogP contribution is 1.94. The molecular weight excluding hydrogens is 182 g/mol. The van der Waals surface area contributed by atoms with Crippen molar-refractivity contribution in [2.75, 3.05) is 26.9 Å². The van der Waals surface area contributed by atoms with Crippen molar-refractivity contribution >= 4 is 5.97 Å². The van der Waals surface area contributed by atoms with E-state index in [-0.39, 0.29) is 12.0 Å². The van der Waals surface area contributed by atoms with Crippen molar-refractivity contribution in [2.45, 2.75) is 19.9 Å². The van der Waals surface area contributed by atoms with E-state index in [1.54, 1.807) is 14.0 Å². The molecule has 14 heavy (non-hydrogen) atoms. The zero-order valence-corrected chi connectivity index (χ0v) is 9.13. The van der Waals surface area contributed by atoms with Crippen molar-refractivity contribution < 1.29 is 14.3 Å². The Balaban J connectivity index is 3.67. The molecule has 0 aliphatic heterocycles. The van der Waals surface area contributed by atoms with Crippen LogP contribution >= 0.6 is 0 Å². The normalized spacial score (nSPS) is 12.2. The monoisotopic (exact) mass is 201 g/mol. The molecule has 0 aromatic carbocycles. The van der Waals surface area contributed by atoms with Gasteiger partial charge in [0.2, 0.25) is 0 Å². The maximum Gasteiger partial charge on any atom is 0.334 e. The second-order valence-electron chi connectivity index (χ2n) is 3.06. The second-order valence-corrected chi connectivity index (χ2v) is 3.06. The van der Waals surface area contributed by atoms with Crippen LogP contribution in [0.3, 0.4) is 0 Å². The highest BCUT2D eigenvalue weighted by Gasteiger charge is 2.08. The molecule has 4 heteroatoms. The number of hydrogen-bond acceptors (Lipinski definition) is 4. The van der Waals surface area contributed by atoms with Crippen LogP contribution in [0.15, 0.2) is 12.2 Å². The van der Waals surface area contributed by atoms with E-state index in [0.717, 1.165) is 0 Å². The zero-order chi connectivity index (χ0) is 11.0. The van der Waals surface area contributed by atoms with Gasteiger partial charge in [0.1, 0.15) is 0 Å². The Morgan fingerprint density at radius 2 is 2.21 bits per heavy atom. The maximum absolute atomic E-state index is 11.1. The number of esters is 1. The van der Waals surface area contributed by atoms with E-state index in [0.29, 0.717) is 25.3 Å². The van der Waals surface area contributed by atoms with Crippen LogP contribution in [0, 0.1) is 0 Å². The van der Waals surface area contributed by atoms with E-state index in [1.807, 2.05) is 6.92 Å². The van der Waals surface area contributed by atoms with Gasteiger partial charge < -0.3 is 14.8 Å². The molecule has 1 N–H and O–H groups in total. The van der Waals surface area contributed by atoms with Crippen LogP contribution in [0.4, 0.5) is 0 Å².